The van der Waals surface area contributed by atoms with Crippen molar-refractivity contribution in [1.29, 1.82) is 0 Å². The van der Waals surface area contributed by atoms with E-state index < -0.39 is 17.9 Å². The molecule has 2 aromatic carbocycles. The fraction of sp³-hybridized carbons (Fsp3) is 0.105. The van der Waals surface area contributed by atoms with Gasteiger partial charge in [-0.05, 0) is 12.1 Å². The Morgan fingerprint density at radius 3 is 2.39 bits per heavy atom. The summed E-state index contributed by atoms with van der Waals surface area (Å²) in [6.07, 6.45) is 0.125. The second-order valence-electron chi connectivity index (χ2n) is 6.08. The van der Waals surface area contributed by atoms with E-state index in [0.29, 0.717) is 15.8 Å². The Balaban J connectivity index is 1.52. The molecule has 2 amide bonds. The minimum absolute atomic E-state index is 0.125. The zero-order valence-electron chi connectivity index (χ0n) is 14.6. The van der Waals surface area contributed by atoms with Gasteiger partial charge in [-0.3, -0.25) is 19.9 Å². The van der Waals surface area contributed by atoms with Crippen LogP contribution in [0, 0.1) is 0 Å². The molecule has 9 heteroatoms. The molecule has 4 rings (SSSR count). The summed E-state index contributed by atoms with van der Waals surface area (Å²) in [6.45, 7) is 0. The van der Waals surface area contributed by atoms with Gasteiger partial charge in [-0.1, -0.05) is 59.9 Å². The maximum Gasteiger partial charge on any atom is 0.273 e. The Bertz CT molecular complexity index is 1030. The number of hydrogen-bond acceptors (Lipinski definition) is 7. The van der Waals surface area contributed by atoms with E-state index in [-0.39, 0.29) is 12.1 Å². The van der Waals surface area contributed by atoms with Crippen LogP contribution in [0.4, 0.5) is 10.8 Å². The van der Waals surface area contributed by atoms with Crippen LogP contribution in [-0.4, -0.2) is 33.8 Å². The van der Waals surface area contributed by atoms with Gasteiger partial charge in [0.25, 0.3) is 5.91 Å². The third-order valence-electron chi connectivity index (χ3n) is 4.19. The predicted molar refractivity (Wildman–Crippen MR) is 108 cm³/mol. The van der Waals surface area contributed by atoms with Crippen LogP contribution in [-0.2, 0) is 9.59 Å². The average molecular weight is 392 g/mol. The highest BCUT2D eigenvalue weighted by atomic mass is 32.1. The van der Waals surface area contributed by atoms with Crippen LogP contribution < -0.4 is 16.1 Å². The molecule has 1 aliphatic heterocycles. The number of anilines is 2. The Morgan fingerprint density at radius 1 is 1.04 bits per heavy atom. The minimum Gasteiger partial charge on any atom is -0.368 e. The lowest BCUT2D eigenvalue weighted by Crippen LogP contribution is -2.39. The molecule has 1 aliphatic rings. The molecule has 0 saturated heterocycles. The summed E-state index contributed by atoms with van der Waals surface area (Å²) in [4.78, 5) is 24.5. The van der Waals surface area contributed by atoms with Crippen molar-refractivity contribution in [2.24, 2.45) is 10.8 Å². The summed E-state index contributed by atoms with van der Waals surface area (Å²) in [7, 11) is 0. The quantitative estimate of drug-likeness (QED) is 0.691. The summed E-state index contributed by atoms with van der Waals surface area (Å²) in [5.74, 6) is -0.974. The number of amides is 2. The van der Waals surface area contributed by atoms with Crippen molar-refractivity contribution in [2.45, 2.75) is 12.5 Å². The number of nitrogens with one attached hydrogen (secondary N) is 1. The van der Waals surface area contributed by atoms with E-state index >= 15 is 0 Å². The van der Waals surface area contributed by atoms with Crippen molar-refractivity contribution in [2.75, 3.05) is 10.3 Å². The number of carbonyl (C=O) groups is 2. The van der Waals surface area contributed by atoms with Gasteiger partial charge in [0, 0.05) is 12.0 Å². The van der Waals surface area contributed by atoms with Crippen LogP contribution >= 0.6 is 11.3 Å². The zero-order chi connectivity index (χ0) is 19.5. The Kier molecular flexibility index (Phi) is 4.81. The van der Waals surface area contributed by atoms with Crippen LogP contribution in [0.25, 0.3) is 10.6 Å². The van der Waals surface area contributed by atoms with E-state index in [1.807, 2.05) is 48.5 Å². The number of benzene rings is 2. The van der Waals surface area contributed by atoms with Gasteiger partial charge in [-0.15, -0.1) is 10.2 Å². The Hall–Kier alpha value is -3.59. The average Bonchev–Trinajstić information content (AvgIpc) is 3.37. The Morgan fingerprint density at radius 2 is 1.71 bits per heavy atom. The van der Waals surface area contributed by atoms with Gasteiger partial charge in [0.15, 0.2) is 0 Å². The monoisotopic (exact) mass is 392 g/mol. The van der Waals surface area contributed by atoms with Gasteiger partial charge in [0.1, 0.15) is 16.8 Å². The highest BCUT2D eigenvalue weighted by Gasteiger charge is 2.35. The van der Waals surface area contributed by atoms with Gasteiger partial charge in [0.05, 0.1) is 5.69 Å². The van der Waals surface area contributed by atoms with Crippen LogP contribution in [0.5, 0.6) is 0 Å². The van der Waals surface area contributed by atoms with Gasteiger partial charge < -0.3 is 5.73 Å². The number of hydrazone groups is 1. The first-order chi connectivity index (χ1) is 13.6. The van der Waals surface area contributed by atoms with Crippen molar-refractivity contribution in [3.05, 3.63) is 60.7 Å². The molecule has 0 aliphatic carbocycles. The molecule has 0 fully saturated rings. The van der Waals surface area contributed by atoms with E-state index in [1.54, 1.807) is 12.1 Å². The molecule has 140 valence electrons. The molecule has 1 atom stereocenters. The summed E-state index contributed by atoms with van der Waals surface area (Å²) in [6, 6.07) is 18.0. The van der Waals surface area contributed by atoms with Crippen molar-refractivity contribution in [1.82, 2.24) is 10.2 Å². The van der Waals surface area contributed by atoms with Crippen LogP contribution in [0.15, 0.2) is 65.8 Å². The van der Waals surface area contributed by atoms with Crippen molar-refractivity contribution < 1.29 is 9.59 Å². The standard InChI is InChI=1S/C19H16N6O2S/c20-16(26)15-11-14(24-25(15)13-9-5-2-6-10-13)17(27)21-19-23-22-18(28-19)12-7-3-1-4-8-12/h1-10,15H,11H2,(H2,20,26)(H,21,23,27). The number of rotatable bonds is 5. The molecular formula is C19H16N6O2S. The largest absolute Gasteiger partial charge is 0.368 e. The molecule has 1 aromatic heterocycles. The molecule has 2 heterocycles. The molecule has 0 bridgehead atoms. The third kappa shape index (κ3) is 3.60. The van der Waals surface area contributed by atoms with Crippen LogP contribution in [0.1, 0.15) is 6.42 Å². The Labute approximate surface area is 164 Å². The number of nitrogens with two attached hydrogens (primary N) is 1. The maximum atomic E-state index is 12.6. The number of aromatic nitrogens is 2. The number of carbonyl (C=O) groups excluding carboxylic acids is 2. The van der Waals surface area contributed by atoms with Gasteiger partial charge in [-0.25, -0.2) is 0 Å². The summed E-state index contributed by atoms with van der Waals surface area (Å²) < 4.78 is 0. The normalized spacial score (nSPS) is 15.9. The molecule has 0 spiro atoms. The second kappa shape index (κ2) is 7.57. The van der Waals surface area contributed by atoms with Gasteiger partial charge in [-0.2, -0.15) is 5.10 Å². The zero-order valence-corrected chi connectivity index (χ0v) is 15.5. The van der Waals surface area contributed by atoms with Gasteiger partial charge >= 0.3 is 0 Å². The molecule has 28 heavy (non-hydrogen) atoms. The molecule has 3 aromatic rings. The smallest absolute Gasteiger partial charge is 0.273 e. The fourth-order valence-corrected chi connectivity index (χ4v) is 3.57. The van der Waals surface area contributed by atoms with E-state index in [4.69, 9.17) is 5.73 Å². The number of nitrogens with zero attached hydrogens (tertiary/aromatic N) is 4. The summed E-state index contributed by atoms with van der Waals surface area (Å²) in [5, 5.41) is 17.7. The lowest BCUT2D eigenvalue weighted by Gasteiger charge is -2.20. The van der Waals surface area contributed by atoms with Crippen LogP contribution in [0.2, 0.25) is 0 Å². The molecular weight excluding hydrogens is 376 g/mol. The van der Waals surface area contributed by atoms with Gasteiger partial charge in [0.2, 0.25) is 11.0 Å². The fourth-order valence-electron chi connectivity index (χ4n) is 2.83. The first-order valence-corrected chi connectivity index (χ1v) is 9.35. The summed E-state index contributed by atoms with van der Waals surface area (Å²) >= 11 is 1.26. The van der Waals surface area contributed by atoms with E-state index in [2.05, 4.69) is 20.6 Å². The number of para-hydroxylation sites is 1. The molecule has 0 radical (unpaired) electrons. The first-order valence-electron chi connectivity index (χ1n) is 8.53. The highest BCUT2D eigenvalue weighted by molar-refractivity contribution is 7.18. The van der Waals surface area contributed by atoms with E-state index in [9.17, 15) is 9.59 Å². The van der Waals surface area contributed by atoms with Crippen molar-refractivity contribution in [3.8, 4) is 10.6 Å². The van der Waals surface area contributed by atoms with E-state index in [0.717, 1.165) is 5.56 Å². The highest BCUT2D eigenvalue weighted by Crippen LogP contribution is 2.27. The SMILES string of the molecule is NC(=O)C1CC(C(=O)Nc2nnc(-c3ccccc3)s2)=NN1c1ccccc1. The topological polar surface area (TPSA) is 114 Å². The molecule has 8 nitrogen and oxygen atoms in total. The van der Waals surface area contributed by atoms with Crippen molar-refractivity contribution in [3.63, 3.8) is 0 Å². The molecule has 1 unspecified atom stereocenters. The van der Waals surface area contributed by atoms with E-state index in [1.165, 1.54) is 16.3 Å². The third-order valence-corrected chi connectivity index (χ3v) is 5.08. The number of hydrogen-bond donors (Lipinski definition) is 2. The predicted octanol–water partition coefficient (Wildman–Crippen LogP) is 2.26. The summed E-state index contributed by atoms with van der Waals surface area (Å²) in [5.41, 5.74) is 7.32. The van der Waals surface area contributed by atoms with Crippen molar-refractivity contribution >= 4 is 39.7 Å². The minimum atomic E-state index is -0.711. The maximum absolute atomic E-state index is 12.6. The number of primary amides is 1. The second-order valence-corrected chi connectivity index (χ2v) is 7.06. The lowest BCUT2D eigenvalue weighted by atomic mass is 10.1. The molecule has 3 N–H and O–H groups in total. The lowest BCUT2D eigenvalue weighted by molar-refractivity contribution is -0.119. The molecule has 0 saturated carbocycles. The van der Waals surface area contributed by atoms with Crippen LogP contribution in [0.3, 0.4) is 0 Å². The first kappa shape index (κ1) is 17.8.